The summed E-state index contributed by atoms with van der Waals surface area (Å²) in [5.41, 5.74) is 8.76. The highest BCUT2D eigenvalue weighted by molar-refractivity contribution is 8.93. The molecule has 0 fully saturated rings. The van der Waals surface area contributed by atoms with Crippen LogP contribution in [0.1, 0.15) is 27.9 Å². The standard InChI is InChI=1S/C16H14FNO3.BrH/c17-13-5-4-9(7-12(13)16(20)21)11-6-8-2-1-3-10(8)14(18)15(11)19;/h4-7,19H,1-3,18H2,(H,20,21);1H. The van der Waals surface area contributed by atoms with Crippen molar-refractivity contribution >= 4 is 28.6 Å². The Bertz CT molecular complexity index is 762. The van der Waals surface area contributed by atoms with Gasteiger partial charge in [0.1, 0.15) is 11.6 Å². The number of carboxylic acids is 1. The number of aromatic carboxylic acids is 1. The largest absolute Gasteiger partial charge is 0.505 e. The monoisotopic (exact) mass is 367 g/mol. The number of hydrogen-bond donors (Lipinski definition) is 3. The maximum absolute atomic E-state index is 13.5. The number of nitrogen functional groups attached to an aromatic ring is 1. The van der Waals surface area contributed by atoms with Gasteiger partial charge in [-0.05, 0) is 54.2 Å². The fourth-order valence-corrected chi connectivity index (χ4v) is 2.84. The van der Waals surface area contributed by atoms with Gasteiger partial charge in [0.15, 0.2) is 0 Å². The van der Waals surface area contributed by atoms with E-state index in [0.29, 0.717) is 16.8 Å². The first-order chi connectivity index (χ1) is 9.99. The molecule has 0 atom stereocenters. The molecule has 0 saturated carbocycles. The van der Waals surface area contributed by atoms with Crippen molar-refractivity contribution < 1.29 is 19.4 Å². The number of fused-ring (bicyclic) bond motifs is 1. The number of anilines is 1. The van der Waals surface area contributed by atoms with Gasteiger partial charge in [0.05, 0.1) is 11.3 Å². The third-order valence-electron chi connectivity index (χ3n) is 3.92. The summed E-state index contributed by atoms with van der Waals surface area (Å²) in [4.78, 5) is 11.0. The summed E-state index contributed by atoms with van der Waals surface area (Å²) in [6.07, 6.45) is 2.69. The van der Waals surface area contributed by atoms with E-state index in [0.717, 1.165) is 36.5 Å². The number of aromatic hydroxyl groups is 1. The summed E-state index contributed by atoms with van der Waals surface area (Å²) in [5, 5.41) is 19.2. The Morgan fingerprint density at radius 1 is 1.23 bits per heavy atom. The normalized spacial score (nSPS) is 12.6. The summed E-state index contributed by atoms with van der Waals surface area (Å²) in [6, 6.07) is 5.56. The Morgan fingerprint density at radius 2 is 1.95 bits per heavy atom. The molecule has 4 nitrogen and oxygen atoms in total. The Kier molecular flexibility index (Phi) is 4.42. The first-order valence-electron chi connectivity index (χ1n) is 6.65. The Morgan fingerprint density at radius 3 is 2.64 bits per heavy atom. The molecule has 0 aromatic heterocycles. The molecule has 0 radical (unpaired) electrons. The maximum atomic E-state index is 13.5. The van der Waals surface area contributed by atoms with Crippen LogP contribution in [-0.2, 0) is 12.8 Å². The number of phenols is 1. The number of carboxylic acid groups (broad SMARTS) is 1. The predicted molar refractivity (Wildman–Crippen MR) is 87.2 cm³/mol. The number of carbonyl (C=O) groups is 1. The lowest BCUT2D eigenvalue weighted by molar-refractivity contribution is 0.0692. The number of nitrogens with two attached hydrogens (primary N) is 1. The van der Waals surface area contributed by atoms with Gasteiger partial charge in [-0.25, -0.2) is 9.18 Å². The van der Waals surface area contributed by atoms with Gasteiger partial charge in [-0.2, -0.15) is 0 Å². The lowest BCUT2D eigenvalue weighted by Crippen LogP contribution is -2.01. The Labute approximate surface area is 137 Å². The highest BCUT2D eigenvalue weighted by Crippen LogP contribution is 2.41. The van der Waals surface area contributed by atoms with Gasteiger partial charge in [0.2, 0.25) is 0 Å². The van der Waals surface area contributed by atoms with Gasteiger partial charge >= 0.3 is 5.97 Å². The highest BCUT2D eigenvalue weighted by Gasteiger charge is 2.21. The zero-order valence-corrected chi connectivity index (χ0v) is 13.3. The van der Waals surface area contributed by atoms with Crippen LogP contribution in [0.3, 0.4) is 0 Å². The van der Waals surface area contributed by atoms with Crippen molar-refractivity contribution in [2.75, 3.05) is 5.73 Å². The zero-order chi connectivity index (χ0) is 15.1. The third-order valence-corrected chi connectivity index (χ3v) is 3.92. The van der Waals surface area contributed by atoms with Gasteiger partial charge < -0.3 is 15.9 Å². The minimum absolute atomic E-state index is 0. The van der Waals surface area contributed by atoms with E-state index in [1.807, 2.05) is 6.07 Å². The van der Waals surface area contributed by atoms with Crippen molar-refractivity contribution in [2.24, 2.45) is 0 Å². The molecule has 2 aromatic carbocycles. The molecular weight excluding hydrogens is 353 g/mol. The zero-order valence-electron chi connectivity index (χ0n) is 11.6. The second kappa shape index (κ2) is 5.96. The minimum atomic E-state index is -1.34. The van der Waals surface area contributed by atoms with E-state index in [1.54, 1.807) is 0 Å². The quantitative estimate of drug-likeness (QED) is 0.559. The number of phenolic OH excluding ortho intramolecular Hbond substituents is 1. The summed E-state index contributed by atoms with van der Waals surface area (Å²) >= 11 is 0. The van der Waals surface area contributed by atoms with Crippen LogP contribution in [0.5, 0.6) is 5.75 Å². The molecule has 2 aromatic rings. The number of rotatable bonds is 2. The van der Waals surface area contributed by atoms with Gasteiger partial charge in [-0.1, -0.05) is 6.07 Å². The third kappa shape index (κ3) is 2.54. The van der Waals surface area contributed by atoms with E-state index in [4.69, 9.17) is 10.8 Å². The van der Waals surface area contributed by atoms with Crippen molar-refractivity contribution in [3.8, 4) is 16.9 Å². The van der Waals surface area contributed by atoms with Gasteiger partial charge in [-0.15, -0.1) is 17.0 Å². The number of halogens is 2. The van der Waals surface area contributed by atoms with Crippen molar-refractivity contribution in [2.45, 2.75) is 19.3 Å². The van der Waals surface area contributed by atoms with E-state index < -0.39 is 17.3 Å². The van der Waals surface area contributed by atoms with Crippen LogP contribution in [0.15, 0.2) is 24.3 Å². The Hall–Kier alpha value is -2.08. The molecule has 1 aliphatic rings. The fraction of sp³-hybridized carbons (Fsp3) is 0.188. The SMILES string of the molecule is Br.Nc1c(O)c(-c2ccc(F)c(C(=O)O)c2)cc2c1CCC2. The number of aryl methyl sites for hydroxylation is 1. The first-order valence-corrected chi connectivity index (χ1v) is 6.65. The van der Waals surface area contributed by atoms with Gasteiger partial charge in [0, 0.05) is 5.56 Å². The summed E-state index contributed by atoms with van der Waals surface area (Å²) in [7, 11) is 0. The lowest BCUT2D eigenvalue weighted by atomic mass is 9.96. The van der Waals surface area contributed by atoms with Gasteiger partial charge in [-0.3, -0.25) is 0 Å². The van der Waals surface area contributed by atoms with Crippen LogP contribution in [0.2, 0.25) is 0 Å². The molecule has 0 heterocycles. The molecular formula is C16H15BrFNO3. The molecule has 0 bridgehead atoms. The van der Waals surface area contributed by atoms with Crippen LogP contribution in [-0.4, -0.2) is 16.2 Å². The van der Waals surface area contributed by atoms with Crippen molar-refractivity contribution in [3.05, 3.63) is 46.8 Å². The molecule has 116 valence electrons. The van der Waals surface area contributed by atoms with Crippen LogP contribution in [0, 0.1) is 5.82 Å². The second-order valence-corrected chi connectivity index (χ2v) is 5.18. The molecule has 0 saturated heterocycles. The average molecular weight is 368 g/mol. The van der Waals surface area contributed by atoms with E-state index >= 15 is 0 Å². The molecule has 0 spiro atoms. The summed E-state index contributed by atoms with van der Waals surface area (Å²) in [6.45, 7) is 0. The fourth-order valence-electron chi connectivity index (χ4n) is 2.84. The van der Waals surface area contributed by atoms with Crippen molar-refractivity contribution in [1.82, 2.24) is 0 Å². The highest BCUT2D eigenvalue weighted by atomic mass is 79.9. The second-order valence-electron chi connectivity index (χ2n) is 5.18. The molecule has 22 heavy (non-hydrogen) atoms. The average Bonchev–Trinajstić information content (AvgIpc) is 2.92. The van der Waals surface area contributed by atoms with Gasteiger partial charge in [0.25, 0.3) is 0 Å². The lowest BCUT2D eigenvalue weighted by Gasteiger charge is -2.13. The number of benzene rings is 2. The smallest absolute Gasteiger partial charge is 0.338 e. The summed E-state index contributed by atoms with van der Waals surface area (Å²) < 4.78 is 13.5. The molecule has 0 amide bonds. The molecule has 6 heteroatoms. The van der Waals surface area contributed by atoms with Crippen LogP contribution < -0.4 is 5.73 Å². The molecule has 4 N–H and O–H groups in total. The van der Waals surface area contributed by atoms with E-state index in [9.17, 15) is 14.3 Å². The van der Waals surface area contributed by atoms with Crippen molar-refractivity contribution in [3.63, 3.8) is 0 Å². The maximum Gasteiger partial charge on any atom is 0.338 e. The van der Waals surface area contributed by atoms with E-state index in [2.05, 4.69) is 0 Å². The van der Waals surface area contributed by atoms with Crippen LogP contribution >= 0.6 is 17.0 Å². The predicted octanol–water partition coefficient (Wildman–Crippen LogP) is 3.55. The van der Waals surface area contributed by atoms with Crippen LogP contribution in [0.4, 0.5) is 10.1 Å². The Balaban J connectivity index is 0.00000176. The molecule has 0 aliphatic heterocycles. The number of hydrogen-bond acceptors (Lipinski definition) is 3. The van der Waals surface area contributed by atoms with E-state index in [1.165, 1.54) is 12.1 Å². The van der Waals surface area contributed by atoms with Crippen molar-refractivity contribution in [1.29, 1.82) is 0 Å². The molecule has 0 unspecified atom stereocenters. The summed E-state index contributed by atoms with van der Waals surface area (Å²) in [5.74, 6) is -2.22. The molecule has 1 aliphatic carbocycles. The van der Waals surface area contributed by atoms with E-state index in [-0.39, 0.29) is 22.7 Å². The minimum Gasteiger partial charge on any atom is -0.505 e. The van der Waals surface area contributed by atoms with Crippen LogP contribution in [0.25, 0.3) is 11.1 Å². The first kappa shape index (κ1) is 16.3. The topological polar surface area (TPSA) is 83.5 Å². The molecule has 3 rings (SSSR count).